The number of nitrogens with zero attached hydrogens (tertiary/aromatic N) is 4. The average Bonchev–Trinajstić information content (AvgIpc) is 3.70. The molecule has 210 valence electrons. The largest absolute Gasteiger partial charge is 0.494 e. The fourth-order valence-electron chi connectivity index (χ4n) is 3.70. The fourth-order valence-corrected chi connectivity index (χ4v) is 4.42. The molecule has 5 rings (SSSR count). The van der Waals surface area contributed by atoms with Crippen molar-refractivity contribution in [2.75, 3.05) is 7.11 Å². The van der Waals surface area contributed by atoms with Crippen molar-refractivity contribution in [3.8, 4) is 34.5 Å². The van der Waals surface area contributed by atoms with Gasteiger partial charge in [0.25, 0.3) is 17.9 Å². The highest BCUT2D eigenvalue weighted by molar-refractivity contribution is 8.15. The summed E-state index contributed by atoms with van der Waals surface area (Å²) in [5.41, 5.74) is 2.45. The van der Waals surface area contributed by atoms with Crippen molar-refractivity contribution in [3.63, 3.8) is 0 Å². The minimum absolute atomic E-state index is 0. The first kappa shape index (κ1) is 28.8. The number of halogens is 2. The molecule has 0 saturated heterocycles. The molecular weight excluding hydrogens is 538 g/mol. The molecule has 1 amide bonds. The lowest BCUT2D eigenvalue weighted by Gasteiger charge is -2.17. The Morgan fingerprint density at radius 1 is 1.25 bits per heavy atom. The van der Waals surface area contributed by atoms with E-state index in [1.165, 1.54) is 48.1 Å². The van der Waals surface area contributed by atoms with Crippen molar-refractivity contribution in [2.45, 2.75) is 45.5 Å². The Morgan fingerprint density at radius 3 is 2.73 bits per heavy atom. The van der Waals surface area contributed by atoms with E-state index in [0.717, 1.165) is 18.9 Å². The van der Waals surface area contributed by atoms with Crippen molar-refractivity contribution in [3.05, 3.63) is 70.0 Å². The molecule has 4 heterocycles. The molecule has 1 unspecified atom stereocenters. The Bertz CT molecular complexity index is 1570. The molecule has 3 aromatic rings. The van der Waals surface area contributed by atoms with Gasteiger partial charge in [0.1, 0.15) is 17.3 Å². The van der Waals surface area contributed by atoms with E-state index >= 15 is 0 Å². The Balaban J connectivity index is 0.00000151. The second kappa shape index (κ2) is 12.7. The molecule has 40 heavy (non-hydrogen) atoms. The highest BCUT2D eigenvalue weighted by Crippen LogP contribution is 2.35. The summed E-state index contributed by atoms with van der Waals surface area (Å²) in [7, 11) is 1.37. The predicted molar refractivity (Wildman–Crippen MR) is 153 cm³/mol. The summed E-state index contributed by atoms with van der Waals surface area (Å²) < 4.78 is 33.8. The molecule has 1 fully saturated rings. The van der Waals surface area contributed by atoms with Crippen LogP contribution in [0.15, 0.2) is 52.8 Å². The van der Waals surface area contributed by atoms with E-state index in [-0.39, 0.29) is 35.2 Å². The number of rotatable bonds is 6. The number of hydrazone groups is 1. The minimum Gasteiger partial charge on any atom is -0.494 e. The van der Waals surface area contributed by atoms with Crippen LogP contribution in [-0.2, 0) is 0 Å². The SMILES string of the molecule is CC.COc1cnc(C(F)F)cc1-c1cc(-n2cccc(C)c2=O)ncc1C(=O)NC1NN=C(C#CC2CC2)S1.[HH]. The molecule has 0 spiro atoms. The summed E-state index contributed by atoms with van der Waals surface area (Å²) in [4.78, 5) is 34.2. The third-order valence-corrected chi connectivity index (χ3v) is 6.75. The van der Waals surface area contributed by atoms with Gasteiger partial charge < -0.3 is 10.1 Å². The summed E-state index contributed by atoms with van der Waals surface area (Å²) in [5.74, 6) is 6.37. The molecule has 3 aromatic heterocycles. The quantitative estimate of drug-likeness (QED) is 0.407. The number of carbonyl (C=O) groups is 1. The standard InChI is InChI=1S/C26H22F2N6O3S.C2H6.H2/c1-14-4-3-9-34(25(14)36)21-11-16(17-10-19(23(27)28)29-13-20(17)37-2)18(12-30-21)24(35)31-26-33-32-22(38-26)8-7-15-5-6-15;1-2;/h3-4,9-13,15,23,26,33H,5-6H2,1-2H3,(H,31,35);1-2H3;1H. The van der Waals surface area contributed by atoms with Gasteiger partial charge in [-0.2, -0.15) is 5.10 Å². The number of ether oxygens (including phenoxy) is 1. The van der Waals surface area contributed by atoms with Crippen molar-refractivity contribution in [1.29, 1.82) is 0 Å². The van der Waals surface area contributed by atoms with Crippen molar-refractivity contribution >= 4 is 22.7 Å². The van der Waals surface area contributed by atoms with E-state index in [2.05, 4.69) is 37.7 Å². The first-order chi connectivity index (χ1) is 19.3. The van der Waals surface area contributed by atoms with Crippen LogP contribution in [0.3, 0.4) is 0 Å². The maximum absolute atomic E-state index is 13.5. The van der Waals surface area contributed by atoms with E-state index in [0.29, 0.717) is 16.5 Å². The van der Waals surface area contributed by atoms with Crippen molar-refractivity contribution < 1.29 is 19.7 Å². The van der Waals surface area contributed by atoms with E-state index in [1.807, 2.05) is 13.8 Å². The molecular formula is C28H30F2N6O3S. The Kier molecular flexibility index (Phi) is 9.16. The highest BCUT2D eigenvalue weighted by atomic mass is 32.2. The lowest BCUT2D eigenvalue weighted by atomic mass is 10.00. The molecule has 1 saturated carbocycles. The summed E-state index contributed by atoms with van der Waals surface area (Å²) >= 11 is 1.26. The lowest BCUT2D eigenvalue weighted by molar-refractivity contribution is 0.0946. The van der Waals surface area contributed by atoms with Crippen LogP contribution < -0.4 is 21.0 Å². The summed E-state index contributed by atoms with van der Waals surface area (Å²) in [6, 6.07) is 6.00. The molecule has 1 aliphatic heterocycles. The van der Waals surface area contributed by atoms with E-state index < -0.39 is 23.5 Å². The Morgan fingerprint density at radius 2 is 2.02 bits per heavy atom. The number of thioether (sulfide) groups is 1. The van der Waals surface area contributed by atoms with Crippen LogP contribution in [0.5, 0.6) is 5.75 Å². The van der Waals surface area contributed by atoms with E-state index in [4.69, 9.17) is 4.74 Å². The average molecular weight is 569 g/mol. The van der Waals surface area contributed by atoms with Crippen LogP contribution in [0.4, 0.5) is 8.78 Å². The number of carbonyl (C=O) groups excluding carboxylic acids is 1. The first-order valence-electron chi connectivity index (χ1n) is 12.7. The lowest BCUT2D eigenvalue weighted by Crippen LogP contribution is -2.39. The van der Waals surface area contributed by atoms with Crippen molar-refractivity contribution in [1.82, 2.24) is 25.3 Å². The summed E-state index contributed by atoms with van der Waals surface area (Å²) in [6.45, 7) is 5.67. The molecule has 0 radical (unpaired) electrons. The van der Waals surface area contributed by atoms with Gasteiger partial charge in [-0.3, -0.25) is 24.6 Å². The number of aromatic nitrogens is 3. The zero-order valence-electron chi connectivity index (χ0n) is 22.4. The Hall–Kier alpha value is -4.24. The van der Waals surface area contributed by atoms with Crippen LogP contribution >= 0.6 is 11.8 Å². The number of alkyl halides is 2. The van der Waals surface area contributed by atoms with Crippen LogP contribution in [0, 0.1) is 24.7 Å². The number of hydrogen-bond acceptors (Lipinski definition) is 8. The van der Waals surface area contributed by atoms with Crippen LogP contribution in [0.2, 0.25) is 0 Å². The third-order valence-electron chi connectivity index (χ3n) is 5.88. The van der Waals surface area contributed by atoms with Gasteiger partial charge in [-0.1, -0.05) is 25.8 Å². The second-order valence-corrected chi connectivity index (χ2v) is 9.72. The number of nitrogens with one attached hydrogen (secondary N) is 2. The number of methoxy groups -OCH3 is 1. The summed E-state index contributed by atoms with van der Waals surface area (Å²) in [5, 5.41) is 7.52. The first-order valence-corrected chi connectivity index (χ1v) is 13.6. The molecule has 2 aliphatic rings. The molecule has 12 heteroatoms. The monoisotopic (exact) mass is 568 g/mol. The maximum atomic E-state index is 13.5. The highest BCUT2D eigenvalue weighted by Gasteiger charge is 2.26. The van der Waals surface area contributed by atoms with Gasteiger partial charge in [0, 0.05) is 36.4 Å². The number of aryl methyl sites for hydroxylation is 1. The molecule has 1 aliphatic carbocycles. The molecule has 2 N–H and O–H groups in total. The molecule has 9 nitrogen and oxygen atoms in total. The maximum Gasteiger partial charge on any atom is 0.280 e. The third kappa shape index (κ3) is 6.48. The number of hydrogen-bond donors (Lipinski definition) is 2. The second-order valence-electron chi connectivity index (χ2n) is 8.63. The summed E-state index contributed by atoms with van der Waals surface area (Å²) in [6.07, 6.45) is 3.34. The van der Waals surface area contributed by atoms with Gasteiger partial charge in [0.05, 0.1) is 18.9 Å². The van der Waals surface area contributed by atoms with Crippen LogP contribution in [0.1, 0.15) is 56.2 Å². The normalized spacial score (nSPS) is 15.7. The van der Waals surface area contributed by atoms with Crippen molar-refractivity contribution in [2.24, 2.45) is 11.0 Å². The van der Waals surface area contributed by atoms with E-state index in [9.17, 15) is 18.4 Å². The van der Waals surface area contributed by atoms with Crippen LogP contribution in [0.25, 0.3) is 16.9 Å². The van der Waals surface area contributed by atoms with Crippen LogP contribution in [-0.4, -0.2) is 38.1 Å². The Labute approximate surface area is 235 Å². The van der Waals surface area contributed by atoms with Gasteiger partial charge in [-0.25, -0.2) is 13.8 Å². The van der Waals surface area contributed by atoms with Gasteiger partial charge in [-0.15, -0.1) is 0 Å². The minimum atomic E-state index is -2.84. The zero-order chi connectivity index (χ0) is 28.8. The van der Waals surface area contributed by atoms with Gasteiger partial charge in [0.2, 0.25) is 0 Å². The topological polar surface area (TPSA) is 111 Å². The zero-order valence-corrected chi connectivity index (χ0v) is 23.2. The molecule has 0 bridgehead atoms. The smallest absolute Gasteiger partial charge is 0.280 e. The van der Waals surface area contributed by atoms with Gasteiger partial charge in [-0.05, 0) is 55.6 Å². The fraction of sp³-hybridized carbons (Fsp3) is 0.321. The predicted octanol–water partition coefficient (Wildman–Crippen LogP) is 4.90. The van der Waals surface area contributed by atoms with E-state index in [1.54, 1.807) is 19.1 Å². The number of amides is 1. The van der Waals surface area contributed by atoms with Gasteiger partial charge >= 0.3 is 0 Å². The molecule has 1 atom stereocenters. The number of pyridine rings is 3. The molecule has 0 aromatic carbocycles. The van der Waals surface area contributed by atoms with Gasteiger partial charge in [0.15, 0.2) is 10.5 Å².